The van der Waals surface area contributed by atoms with E-state index < -0.39 is 12.1 Å². The predicted molar refractivity (Wildman–Crippen MR) is 76.0 cm³/mol. The van der Waals surface area contributed by atoms with E-state index in [0.29, 0.717) is 23.7 Å². The van der Waals surface area contributed by atoms with Crippen molar-refractivity contribution in [3.63, 3.8) is 0 Å². The highest BCUT2D eigenvalue weighted by Gasteiger charge is 2.19. The standard InChI is InChI=1S/C14H18ClNO4/c1-10(20-12-7-5-11(15)6-8-12)14(19)16(2)9-3-4-13(17)18/h5-8,10H,3-4,9H2,1-2H3,(H,17,18). The fourth-order valence-electron chi connectivity index (χ4n) is 1.66. The van der Waals surface area contributed by atoms with E-state index in [1.165, 1.54) is 4.90 Å². The molecule has 0 radical (unpaired) electrons. The summed E-state index contributed by atoms with van der Waals surface area (Å²) < 4.78 is 5.51. The van der Waals surface area contributed by atoms with Gasteiger partial charge in [0.05, 0.1) is 0 Å². The Hall–Kier alpha value is -1.75. The monoisotopic (exact) mass is 299 g/mol. The quantitative estimate of drug-likeness (QED) is 0.839. The third-order valence-corrected chi connectivity index (χ3v) is 2.99. The molecule has 0 aliphatic rings. The third kappa shape index (κ3) is 5.48. The van der Waals surface area contributed by atoms with Crippen molar-refractivity contribution < 1.29 is 19.4 Å². The van der Waals surface area contributed by atoms with Gasteiger partial charge in [0.15, 0.2) is 6.10 Å². The molecule has 0 saturated heterocycles. The number of carboxylic acids is 1. The van der Waals surface area contributed by atoms with E-state index in [2.05, 4.69) is 0 Å². The van der Waals surface area contributed by atoms with Crippen LogP contribution in [0.2, 0.25) is 5.02 Å². The van der Waals surface area contributed by atoms with E-state index in [-0.39, 0.29) is 12.3 Å². The molecular weight excluding hydrogens is 282 g/mol. The molecule has 0 bridgehead atoms. The van der Waals surface area contributed by atoms with Crippen molar-refractivity contribution in [2.75, 3.05) is 13.6 Å². The van der Waals surface area contributed by atoms with Gasteiger partial charge in [-0.2, -0.15) is 0 Å². The molecule has 5 nitrogen and oxygen atoms in total. The molecule has 0 aliphatic carbocycles. The Morgan fingerprint density at radius 2 is 1.95 bits per heavy atom. The molecule has 0 heterocycles. The smallest absolute Gasteiger partial charge is 0.303 e. The fraction of sp³-hybridized carbons (Fsp3) is 0.429. The summed E-state index contributed by atoms with van der Waals surface area (Å²) in [6, 6.07) is 6.75. The van der Waals surface area contributed by atoms with Crippen molar-refractivity contribution in [3.8, 4) is 5.75 Å². The van der Waals surface area contributed by atoms with Gasteiger partial charge < -0.3 is 14.7 Å². The number of nitrogens with zero attached hydrogens (tertiary/aromatic N) is 1. The van der Waals surface area contributed by atoms with Gasteiger partial charge in [-0.3, -0.25) is 9.59 Å². The lowest BCUT2D eigenvalue weighted by Gasteiger charge is -2.22. The second kappa shape index (κ2) is 7.75. The van der Waals surface area contributed by atoms with Crippen molar-refractivity contribution in [1.29, 1.82) is 0 Å². The number of carbonyl (C=O) groups is 2. The molecule has 1 unspecified atom stereocenters. The van der Waals surface area contributed by atoms with Gasteiger partial charge in [-0.1, -0.05) is 11.6 Å². The van der Waals surface area contributed by atoms with Crippen molar-refractivity contribution in [2.45, 2.75) is 25.9 Å². The lowest BCUT2D eigenvalue weighted by Crippen LogP contribution is -2.38. The Kier molecular flexibility index (Phi) is 6.31. The summed E-state index contributed by atoms with van der Waals surface area (Å²) in [5.74, 6) is -0.490. The summed E-state index contributed by atoms with van der Waals surface area (Å²) in [4.78, 5) is 23.9. The molecule has 0 saturated carbocycles. The molecule has 1 aromatic rings. The van der Waals surface area contributed by atoms with Crippen molar-refractivity contribution >= 4 is 23.5 Å². The van der Waals surface area contributed by atoms with Gasteiger partial charge in [-0.05, 0) is 37.6 Å². The summed E-state index contributed by atoms with van der Waals surface area (Å²) in [5, 5.41) is 9.15. The molecular formula is C14H18ClNO4. The van der Waals surface area contributed by atoms with Crippen LogP contribution in [-0.2, 0) is 9.59 Å². The Labute approximate surface area is 123 Å². The minimum Gasteiger partial charge on any atom is -0.481 e. The summed E-state index contributed by atoms with van der Waals surface area (Å²) in [6.45, 7) is 2.05. The van der Waals surface area contributed by atoms with Crippen molar-refractivity contribution in [1.82, 2.24) is 4.90 Å². The molecule has 1 aromatic carbocycles. The number of halogens is 1. The summed E-state index contributed by atoms with van der Waals surface area (Å²) in [5.41, 5.74) is 0. The van der Waals surface area contributed by atoms with E-state index in [1.807, 2.05) is 0 Å². The number of rotatable bonds is 7. The number of likely N-dealkylation sites (N-methyl/N-ethyl adjacent to an activating group) is 1. The second-order valence-corrected chi connectivity index (χ2v) is 4.91. The third-order valence-electron chi connectivity index (χ3n) is 2.73. The molecule has 6 heteroatoms. The van der Waals surface area contributed by atoms with E-state index in [0.717, 1.165) is 0 Å². The number of hydrogen-bond acceptors (Lipinski definition) is 3. The molecule has 0 spiro atoms. The van der Waals surface area contributed by atoms with Crippen LogP contribution in [0.25, 0.3) is 0 Å². The first-order valence-corrected chi connectivity index (χ1v) is 6.67. The Morgan fingerprint density at radius 3 is 2.50 bits per heavy atom. The Balaban J connectivity index is 2.45. The van der Waals surface area contributed by atoms with Crippen LogP contribution in [0, 0.1) is 0 Å². The second-order valence-electron chi connectivity index (χ2n) is 4.47. The highest BCUT2D eigenvalue weighted by molar-refractivity contribution is 6.30. The Morgan fingerprint density at radius 1 is 1.35 bits per heavy atom. The maximum atomic E-state index is 12.0. The van der Waals surface area contributed by atoms with Crippen LogP contribution in [0.15, 0.2) is 24.3 Å². The van der Waals surface area contributed by atoms with E-state index >= 15 is 0 Å². The minimum absolute atomic E-state index is 0.0457. The van der Waals surface area contributed by atoms with E-state index in [9.17, 15) is 9.59 Å². The van der Waals surface area contributed by atoms with Crippen LogP contribution >= 0.6 is 11.6 Å². The normalized spacial score (nSPS) is 11.8. The van der Waals surface area contributed by atoms with Crippen molar-refractivity contribution in [2.24, 2.45) is 0 Å². The summed E-state index contributed by atoms with van der Waals surface area (Å²) in [7, 11) is 1.63. The van der Waals surface area contributed by atoms with Gasteiger partial charge in [0.25, 0.3) is 5.91 Å². The predicted octanol–water partition coefficient (Wildman–Crippen LogP) is 2.43. The molecule has 110 valence electrons. The number of amides is 1. The first-order valence-electron chi connectivity index (χ1n) is 6.29. The van der Waals surface area contributed by atoms with E-state index in [1.54, 1.807) is 38.2 Å². The number of benzene rings is 1. The number of carbonyl (C=O) groups excluding carboxylic acids is 1. The zero-order chi connectivity index (χ0) is 15.1. The fourth-order valence-corrected chi connectivity index (χ4v) is 1.78. The van der Waals surface area contributed by atoms with Crippen LogP contribution in [0.3, 0.4) is 0 Å². The molecule has 0 aromatic heterocycles. The van der Waals surface area contributed by atoms with E-state index in [4.69, 9.17) is 21.4 Å². The van der Waals surface area contributed by atoms with Crippen molar-refractivity contribution in [3.05, 3.63) is 29.3 Å². The highest BCUT2D eigenvalue weighted by Crippen LogP contribution is 2.17. The number of carboxylic acid groups (broad SMARTS) is 1. The van der Waals surface area contributed by atoms with Gasteiger partial charge >= 0.3 is 5.97 Å². The van der Waals surface area contributed by atoms with Gasteiger partial charge in [0.1, 0.15) is 5.75 Å². The largest absolute Gasteiger partial charge is 0.481 e. The average Bonchev–Trinajstić information content (AvgIpc) is 2.39. The van der Waals surface area contributed by atoms with Crippen LogP contribution in [0.1, 0.15) is 19.8 Å². The van der Waals surface area contributed by atoms with Gasteiger partial charge in [-0.25, -0.2) is 0 Å². The highest BCUT2D eigenvalue weighted by atomic mass is 35.5. The summed E-state index contributed by atoms with van der Waals surface area (Å²) in [6.07, 6.45) is -0.166. The molecule has 1 amide bonds. The topological polar surface area (TPSA) is 66.8 Å². The first kappa shape index (κ1) is 16.3. The molecule has 20 heavy (non-hydrogen) atoms. The SMILES string of the molecule is CC(Oc1ccc(Cl)cc1)C(=O)N(C)CCCC(=O)O. The van der Waals surface area contributed by atoms with Gasteiger partial charge in [0, 0.05) is 25.0 Å². The van der Waals surface area contributed by atoms with Crippen LogP contribution < -0.4 is 4.74 Å². The molecule has 1 N–H and O–H groups in total. The molecule has 1 rings (SSSR count). The number of ether oxygens (including phenoxy) is 1. The molecule has 1 atom stereocenters. The van der Waals surface area contributed by atoms with Crippen LogP contribution in [-0.4, -0.2) is 41.6 Å². The zero-order valence-electron chi connectivity index (χ0n) is 11.5. The van der Waals surface area contributed by atoms with Crippen LogP contribution in [0.5, 0.6) is 5.75 Å². The maximum Gasteiger partial charge on any atom is 0.303 e. The number of aliphatic carboxylic acids is 1. The molecule has 0 fully saturated rings. The maximum absolute atomic E-state index is 12.0. The average molecular weight is 300 g/mol. The lowest BCUT2D eigenvalue weighted by atomic mass is 10.2. The van der Waals surface area contributed by atoms with Crippen LogP contribution in [0.4, 0.5) is 0 Å². The lowest BCUT2D eigenvalue weighted by molar-refractivity contribution is -0.139. The minimum atomic E-state index is -0.865. The summed E-state index contributed by atoms with van der Waals surface area (Å²) >= 11 is 5.77. The van der Waals surface area contributed by atoms with Gasteiger partial charge in [-0.15, -0.1) is 0 Å². The van der Waals surface area contributed by atoms with Gasteiger partial charge in [0.2, 0.25) is 0 Å². The first-order chi connectivity index (χ1) is 9.40. The molecule has 0 aliphatic heterocycles. The zero-order valence-corrected chi connectivity index (χ0v) is 12.3. The Bertz CT molecular complexity index is 461. The number of hydrogen-bond donors (Lipinski definition) is 1.